The predicted octanol–water partition coefficient (Wildman–Crippen LogP) is 2.61. The number of guanidine groups is 1. The molecule has 1 fully saturated rings. The average Bonchev–Trinajstić information content (AvgIpc) is 2.56. The summed E-state index contributed by atoms with van der Waals surface area (Å²) in [5.74, 6) is 2.49. The molecule has 0 unspecified atom stereocenters. The minimum absolute atomic E-state index is 0.254. The van der Waals surface area contributed by atoms with Gasteiger partial charge in [0.05, 0.1) is 12.1 Å². The molecular formula is C14H27N3. The fourth-order valence-corrected chi connectivity index (χ4v) is 3.68. The maximum Gasteiger partial charge on any atom is 0.192 e. The van der Waals surface area contributed by atoms with Gasteiger partial charge in [-0.3, -0.25) is 4.99 Å². The molecule has 0 aromatic carbocycles. The number of nitrogens with two attached hydrogens (primary N) is 1. The molecule has 1 aliphatic carbocycles. The third kappa shape index (κ3) is 2.16. The Morgan fingerprint density at radius 1 is 1.24 bits per heavy atom. The number of hydrogen-bond acceptors (Lipinski definition) is 3. The van der Waals surface area contributed by atoms with Crippen molar-refractivity contribution in [3.63, 3.8) is 0 Å². The molecule has 1 spiro atoms. The highest BCUT2D eigenvalue weighted by Gasteiger charge is 2.45. The average molecular weight is 237 g/mol. The van der Waals surface area contributed by atoms with Gasteiger partial charge in [-0.15, -0.1) is 0 Å². The summed E-state index contributed by atoms with van der Waals surface area (Å²) in [4.78, 5) is 6.88. The molecule has 2 N–H and O–H groups in total. The van der Waals surface area contributed by atoms with E-state index in [-0.39, 0.29) is 5.54 Å². The van der Waals surface area contributed by atoms with Crippen LogP contribution in [0.5, 0.6) is 0 Å². The summed E-state index contributed by atoms with van der Waals surface area (Å²) < 4.78 is 0. The third-order valence-corrected chi connectivity index (χ3v) is 4.71. The molecule has 0 aromatic heterocycles. The van der Waals surface area contributed by atoms with Crippen molar-refractivity contribution < 1.29 is 0 Å². The van der Waals surface area contributed by atoms with Crippen molar-refractivity contribution in [1.29, 1.82) is 0 Å². The zero-order valence-electron chi connectivity index (χ0n) is 11.7. The zero-order valence-corrected chi connectivity index (χ0v) is 11.7. The van der Waals surface area contributed by atoms with Crippen molar-refractivity contribution in [2.75, 3.05) is 6.54 Å². The molecular weight excluding hydrogens is 210 g/mol. The monoisotopic (exact) mass is 237 g/mol. The van der Waals surface area contributed by atoms with Crippen molar-refractivity contribution in [3.8, 4) is 0 Å². The maximum absolute atomic E-state index is 6.06. The van der Waals surface area contributed by atoms with Gasteiger partial charge in [0.2, 0.25) is 0 Å². The van der Waals surface area contributed by atoms with Crippen molar-refractivity contribution in [2.24, 2.45) is 22.6 Å². The van der Waals surface area contributed by atoms with Crippen molar-refractivity contribution >= 4 is 5.96 Å². The van der Waals surface area contributed by atoms with Gasteiger partial charge in [-0.05, 0) is 51.4 Å². The Bertz CT molecular complexity index is 299. The zero-order chi connectivity index (χ0) is 12.6. The first kappa shape index (κ1) is 12.7. The summed E-state index contributed by atoms with van der Waals surface area (Å²) in [7, 11) is 0. The number of aliphatic imine (C=N–C) groups is 1. The number of nitrogens with zero attached hydrogens (tertiary/aromatic N) is 2. The van der Waals surface area contributed by atoms with E-state index in [0.29, 0.717) is 6.04 Å². The van der Waals surface area contributed by atoms with Crippen LogP contribution in [0.25, 0.3) is 0 Å². The summed E-state index contributed by atoms with van der Waals surface area (Å²) in [6.07, 6.45) is 5.20. The van der Waals surface area contributed by atoms with Crippen LogP contribution in [0, 0.1) is 11.8 Å². The Hall–Kier alpha value is -0.730. The first-order valence-corrected chi connectivity index (χ1v) is 7.05. The van der Waals surface area contributed by atoms with Crippen LogP contribution >= 0.6 is 0 Å². The molecule has 2 aliphatic rings. The molecule has 0 radical (unpaired) electrons. The lowest BCUT2D eigenvalue weighted by atomic mass is 9.72. The van der Waals surface area contributed by atoms with Gasteiger partial charge in [0.25, 0.3) is 0 Å². The predicted molar refractivity (Wildman–Crippen MR) is 73.0 cm³/mol. The largest absolute Gasteiger partial charge is 0.370 e. The van der Waals surface area contributed by atoms with Crippen molar-refractivity contribution in [3.05, 3.63) is 0 Å². The highest BCUT2D eigenvalue weighted by atomic mass is 15.4. The first-order valence-electron chi connectivity index (χ1n) is 7.05. The smallest absolute Gasteiger partial charge is 0.192 e. The Kier molecular flexibility index (Phi) is 3.37. The van der Waals surface area contributed by atoms with Crippen LogP contribution in [0.4, 0.5) is 0 Å². The molecule has 1 heterocycles. The molecule has 0 atom stereocenters. The lowest BCUT2D eigenvalue weighted by molar-refractivity contribution is 0.0826. The molecule has 0 saturated heterocycles. The normalized spacial score (nSPS) is 33.9. The highest BCUT2D eigenvalue weighted by molar-refractivity contribution is 5.81. The van der Waals surface area contributed by atoms with Crippen molar-refractivity contribution in [1.82, 2.24) is 4.90 Å². The lowest BCUT2D eigenvalue weighted by Crippen LogP contribution is -2.56. The lowest BCUT2D eigenvalue weighted by Gasteiger charge is -2.46. The molecule has 98 valence electrons. The van der Waals surface area contributed by atoms with Gasteiger partial charge >= 0.3 is 0 Å². The molecule has 2 rings (SSSR count). The van der Waals surface area contributed by atoms with E-state index < -0.39 is 0 Å². The second kappa shape index (κ2) is 4.51. The maximum atomic E-state index is 6.06. The van der Waals surface area contributed by atoms with E-state index in [1.165, 1.54) is 25.7 Å². The van der Waals surface area contributed by atoms with Gasteiger partial charge in [-0.25, -0.2) is 0 Å². The van der Waals surface area contributed by atoms with E-state index in [4.69, 9.17) is 5.73 Å². The van der Waals surface area contributed by atoms with Gasteiger partial charge < -0.3 is 10.6 Å². The van der Waals surface area contributed by atoms with Crippen molar-refractivity contribution in [2.45, 2.75) is 65.0 Å². The number of hydrogen-bond donors (Lipinski definition) is 1. The summed E-state index contributed by atoms with van der Waals surface area (Å²) in [6.45, 7) is 10.1. The first-order chi connectivity index (χ1) is 7.96. The molecule has 1 saturated carbocycles. The van der Waals surface area contributed by atoms with E-state index in [1.54, 1.807) is 0 Å². The fraction of sp³-hybridized carbons (Fsp3) is 0.929. The summed E-state index contributed by atoms with van der Waals surface area (Å²) in [5, 5.41) is 0. The minimum Gasteiger partial charge on any atom is -0.370 e. The Morgan fingerprint density at radius 3 is 2.29 bits per heavy atom. The minimum atomic E-state index is 0.254. The summed E-state index contributed by atoms with van der Waals surface area (Å²) in [6, 6.07) is 0.469. The summed E-state index contributed by atoms with van der Waals surface area (Å²) >= 11 is 0. The second-order valence-electron chi connectivity index (χ2n) is 6.44. The van der Waals surface area contributed by atoms with E-state index in [0.717, 1.165) is 24.3 Å². The highest BCUT2D eigenvalue weighted by Crippen LogP contribution is 2.42. The SMILES string of the molecule is CC(C)C1CCC2(CC1)CN=C(N)N2C(C)C. The topological polar surface area (TPSA) is 41.6 Å². The molecule has 0 amide bonds. The van der Waals surface area contributed by atoms with Crippen LogP contribution in [0.2, 0.25) is 0 Å². The number of rotatable bonds is 2. The van der Waals surface area contributed by atoms with Crippen LogP contribution in [0.15, 0.2) is 4.99 Å². The van der Waals surface area contributed by atoms with Crippen LogP contribution in [0.1, 0.15) is 53.4 Å². The summed E-state index contributed by atoms with van der Waals surface area (Å²) in [5.41, 5.74) is 6.31. The van der Waals surface area contributed by atoms with Crippen LogP contribution in [0.3, 0.4) is 0 Å². The quantitative estimate of drug-likeness (QED) is 0.802. The van der Waals surface area contributed by atoms with Crippen LogP contribution in [-0.4, -0.2) is 29.0 Å². The fourth-order valence-electron chi connectivity index (χ4n) is 3.68. The molecule has 1 aliphatic heterocycles. The molecule has 3 heteroatoms. The molecule has 3 nitrogen and oxygen atoms in total. The Balaban J connectivity index is 2.08. The van der Waals surface area contributed by atoms with Gasteiger partial charge in [-0.1, -0.05) is 13.8 Å². The van der Waals surface area contributed by atoms with E-state index >= 15 is 0 Å². The molecule has 0 bridgehead atoms. The Morgan fingerprint density at radius 2 is 1.82 bits per heavy atom. The van der Waals surface area contributed by atoms with Gasteiger partial charge in [0.15, 0.2) is 5.96 Å². The molecule has 0 aromatic rings. The molecule has 17 heavy (non-hydrogen) atoms. The van der Waals surface area contributed by atoms with Crippen LogP contribution in [-0.2, 0) is 0 Å². The van der Waals surface area contributed by atoms with E-state index in [9.17, 15) is 0 Å². The van der Waals surface area contributed by atoms with Gasteiger partial charge in [-0.2, -0.15) is 0 Å². The van der Waals surface area contributed by atoms with E-state index in [1.807, 2.05) is 0 Å². The van der Waals surface area contributed by atoms with E-state index in [2.05, 4.69) is 37.6 Å². The van der Waals surface area contributed by atoms with Gasteiger partial charge in [0, 0.05) is 6.04 Å². The third-order valence-electron chi connectivity index (χ3n) is 4.71. The second-order valence-corrected chi connectivity index (χ2v) is 6.44. The van der Waals surface area contributed by atoms with Crippen LogP contribution < -0.4 is 5.73 Å². The van der Waals surface area contributed by atoms with Gasteiger partial charge in [0.1, 0.15) is 0 Å². The Labute approximate surface area is 105 Å². The standard InChI is InChI=1S/C14H27N3/c1-10(2)12-5-7-14(8-6-12)9-16-13(15)17(14)11(3)4/h10-12H,5-9H2,1-4H3,(H2,15,16).